The summed E-state index contributed by atoms with van der Waals surface area (Å²) in [5.41, 5.74) is 2.72. The third-order valence-corrected chi connectivity index (χ3v) is 4.69. The summed E-state index contributed by atoms with van der Waals surface area (Å²) in [4.78, 5) is 15.6. The number of methoxy groups -OCH3 is 1. The van der Waals surface area contributed by atoms with Crippen molar-refractivity contribution < 1.29 is 17.9 Å². The molecule has 0 radical (unpaired) electrons. The molecule has 4 rings (SSSR count). The molecule has 4 aromatic heterocycles. The lowest BCUT2D eigenvalue weighted by atomic mass is 10.0. The molecule has 0 saturated heterocycles. The lowest BCUT2D eigenvalue weighted by Crippen LogP contribution is -2.10. The van der Waals surface area contributed by atoms with Crippen LogP contribution in [0.1, 0.15) is 27.9 Å². The molecule has 0 aromatic carbocycles. The van der Waals surface area contributed by atoms with Gasteiger partial charge in [-0.1, -0.05) is 6.07 Å². The summed E-state index contributed by atoms with van der Waals surface area (Å²) < 4.78 is 44.7. The smallest absolute Gasteiger partial charge is 0.416 e. The fourth-order valence-corrected chi connectivity index (χ4v) is 3.22. The Balaban J connectivity index is 1.54. The van der Waals surface area contributed by atoms with Gasteiger partial charge < -0.3 is 9.72 Å². The predicted octanol–water partition coefficient (Wildman–Crippen LogP) is 4.56. The van der Waals surface area contributed by atoms with E-state index in [9.17, 15) is 13.2 Å². The molecule has 0 aliphatic rings. The Morgan fingerprint density at radius 3 is 2.59 bits per heavy atom. The average Bonchev–Trinajstić information content (AvgIpc) is 3.11. The molecule has 0 unspecified atom stereocenters. The first-order chi connectivity index (χ1) is 13.9. The highest BCUT2D eigenvalue weighted by molar-refractivity contribution is 5.81. The lowest BCUT2D eigenvalue weighted by molar-refractivity contribution is -0.138. The zero-order valence-corrected chi connectivity index (χ0v) is 15.5. The molecule has 0 aliphatic carbocycles. The average molecular weight is 398 g/mol. The van der Waals surface area contributed by atoms with Crippen LogP contribution in [0.2, 0.25) is 0 Å². The summed E-state index contributed by atoms with van der Waals surface area (Å²) in [5, 5.41) is 0.957. The second-order valence-corrected chi connectivity index (χ2v) is 6.63. The number of pyridine rings is 3. The molecular formula is C21H17F3N4O. The van der Waals surface area contributed by atoms with Gasteiger partial charge in [0.25, 0.3) is 0 Å². The fourth-order valence-electron chi connectivity index (χ4n) is 3.22. The number of rotatable bonds is 5. The van der Waals surface area contributed by atoms with E-state index in [-0.39, 0.29) is 12.0 Å². The van der Waals surface area contributed by atoms with Gasteiger partial charge in [0.15, 0.2) is 0 Å². The Labute approximate surface area is 164 Å². The van der Waals surface area contributed by atoms with Gasteiger partial charge in [-0.05, 0) is 34.9 Å². The van der Waals surface area contributed by atoms with E-state index in [4.69, 9.17) is 4.74 Å². The molecule has 148 valence electrons. The summed E-state index contributed by atoms with van der Waals surface area (Å²) >= 11 is 0. The highest BCUT2D eigenvalue weighted by Crippen LogP contribution is 2.32. The molecule has 4 heterocycles. The molecule has 0 atom stereocenters. The quantitative estimate of drug-likeness (QED) is 0.535. The number of aromatic amines is 1. The number of nitrogens with zero attached hydrogens (tertiary/aromatic N) is 3. The first-order valence-electron chi connectivity index (χ1n) is 8.88. The summed E-state index contributed by atoms with van der Waals surface area (Å²) in [6.07, 6.45) is 3.87. The maximum atomic E-state index is 13.1. The lowest BCUT2D eigenvalue weighted by Gasteiger charge is -2.12. The molecular weight excluding hydrogens is 381 g/mol. The van der Waals surface area contributed by atoms with Crippen molar-refractivity contribution in [3.05, 3.63) is 83.2 Å². The second kappa shape index (κ2) is 7.54. The molecule has 29 heavy (non-hydrogen) atoms. The van der Waals surface area contributed by atoms with Crippen molar-refractivity contribution in [2.45, 2.75) is 19.0 Å². The SMILES string of the molecule is COc1cnc2[nH]cc(Cc3ccc(Cc4cnccc4C(F)(F)F)nc3)c2c1. The molecule has 0 amide bonds. The number of alkyl halides is 3. The molecule has 5 nitrogen and oxygen atoms in total. The highest BCUT2D eigenvalue weighted by atomic mass is 19.4. The van der Waals surface area contributed by atoms with Crippen molar-refractivity contribution in [3.8, 4) is 5.75 Å². The van der Waals surface area contributed by atoms with E-state index >= 15 is 0 Å². The third-order valence-electron chi connectivity index (χ3n) is 4.69. The van der Waals surface area contributed by atoms with Gasteiger partial charge in [-0.2, -0.15) is 13.2 Å². The largest absolute Gasteiger partial charge is 0.495 e. The van der Waals surface area contributed by atoms with Crippen LogP contribution in [0.5, 0.6) is 5.75 Å². The fraction of sp³-hybridized carbons (Fsp3) is 0.190. The predicted molar refractivity (Wildman–Crippen MR) is 102 cm³/mol. The van der Waals surface area contributed by atoms with Crippen molar-refractivity contribution in [1.29, 1.82) is 0 Å². The molecule has 1 N–H and O–H groups in total. The Morgan fingerprint density at radius 1 is 1.00 bits per heavy atom. The number of hydrogen-bond donors (Lipinski definition) is 1. The van der Waals surface area contributed by atoms with Crippen molar-refractivity contribution in [2.24, 2.45) is 0 Å². The van der Waals surface area contributed by atoms with Crippen LogP contribution in [-0.4, -0.2) is 27.0 Å². The highest BCUT2D eigenvalue weighted by Gasteiger charge is 2.33. The molecule has 0 saturated carbocycles. The summed E-state index contributed by atoms with van der Waals surface area (Å²) in [6, 6.07) is 6.52. The van der Waals surface area contributed by atoms with Crippen LogP contribution in [0.3, 0.4) is 0 Å². The number of aromatic nitrogens is 4. The van der Waals surface area contributed by atoms with Crippen molar-refractivity contribution in [3.63, 3.8) is 0 Å². The molecule has 8 heteroatoms. The first kappa shape index (κ1) is 18.9. The molecule has 0 fully saturated rings. The van der Waals surface area contributed by atoms with E-state index in [0.717, 1.165) is 34.4 Å². The zero-order valence-electron chi connectivity index (χ0n) is 15.5. The first-order valence-corrected chi connectivity index (χ1v) is 8.88. The minimum Gasteiger partial charge on any atom is -0.495 e. The maximum Gasteiger partial charge on any atom is 0.416 e. The van der Waals surface area contributed by atoms with Crippen molar-refractivity contribution in [2.75, 3.05) is 7.11 Å². The van der Waals surface area contributed by atoms with Crippen LogP contribution in [0.25, 0.3) is 11.0 Å². The minimum absolute atomic E-state index is 0.0666. The Hall–Kier alpha value is -3.42. The van der Waals surface area contributed by atoms with E-state index in [1.54, 1.807) is 25.6 Å². The van der Waals surface area contributed by atoms with Crippen molar-refractivity contribution in [1.82, 2.24) is 19.9 Å². The number of ether oxygens (including phenoxy) is 1. The number of halogens is 3. The molecule has 0 aliphatic heterocycles. The van der Waals surface area contributed by atoms with Gasteiger partial charge in [-0.25, -0.2) is 4.98 Å². The zero-order chi connectivity index (χ0) is 20.4. The molecule has 4 aromatic rings. The van der Waals surface area contributed by atoms with Crippen molar-refractivity contribution >= 4 is 11.0 Å². The maximum absolute atomic E-state index is 13.1. The van der Waals surface area contributed by atoms with Crippen LogP contribution in [-0.2, 0) is 19.0 Å². The van der Waals surface area contributed by atoms with Crippen LogP contribution in [0.4, 0.5) is 13.2 Å². The normalized spacial score (nSPS) is 11.7. The number of H-pyrrole nitrogens is 1. The van der Waals surface area contributed by atoms with Gasteiger partial charge in [-0.15, -0.1) is 0 Å². The Bertz CT molecular complexity index is 1140. The van der Waals surface area contributed by atoms with Gasteiger partial charge in [-0.3, -0.25) is 9.97 Å². The summed E-state index contributed by atoms with van der Waals surface area (Å²) in [6.45, 7) is 0. The Kier molecular flexibility index (Phi) is 4.92. The van der Waals surface area contributed by atoms with Gasteiger partial charge >= 0.3 is 6.18 Å². The molecule has 0 spiro atoms. The van der Waals surface area contributed by atoms with Gasteiger partial charge in [0.2, 0.25) is 0 Å². The topological polar surface area (TPSA) is 63.7 Å². The molecule has 0 bridgehead atoms. The summed E-state index contributed by atoms with van der Waals surface area (Å²) in [5.74, 6) is 0.670. The summed E-state index contributed by atoms with van der Waals surface area (Å²) in [7, 11) is 1.59. The number of nitrogens with one attached hydrogen (secondary N) is 1. The van der Waals surface area contributed by atoms with E-state index < -0.39 is 11.7 Å². The third kappa shape index (κ3) is 4.06. The minimum atomic E-state index is -4.41. The monoisotopic (exact) mass is 398 g/mol. The van der Waals surface area contributed by atoms with E-state index in [2.05, 4.69) is 19.9 Å². The number of hydrogen-bond acceptors (Lipinski definition) is 4. The van der Waals surface area contributed by atoms with Crippen LogP contribution < -0.4 is 4.74 Å². The van der Waals surface area contributed by atoms with Crippen LogP contribution >= 0.6 is 0 Å². The van der Waals surface area contributed by atoms with E-state index in [1.807, 2.05) is 18.3 Å². The second-order valence-electron chi connectivity index (χ2n) is 6.63. The van der Waals surface area contributed by atoms with Gasteiger partial charge in [0.1, 0.15) is 11.4 Å². The van der Waals surface area contributed by atoms with Gasteiger partial charge in [0.05, 0.1) is 18.9 Å². The van der Waals surface area contributed by atoms with Gasteiger partial charge in [0, 0.05) is 48.7 Å². The van der Waals surface area contributed by atoms with E-state index in [0.29, 0.717) is 17.9 Å². The van der Waals surface area contributed by atoms with Crippen LogP contribution in [0, 0.1) is 0 Å². The standard InChI is InChI=1S/C21H17F3N4O/c1-29-17-8-18-14(11-27-20(18)28-12-17)6-13-2-3-16(26-9-13)7-15-10-25-5-4-19(15)21(22,23)24/h2-5,8-12H,6-7H2,1H3,(H,27,28). The van der Waals surface area contributed by atoms with E-state index in [1.165, 1.54) is 6.20 Å². The van der Waals surface area contributed by atoms with Crippen LogP contribution in [0.15, 0.2) is 55.2 Å². The Morgan fingerprint density at radius 2 is 1.86 bits per heavy atom. The number of fused-ring (bicyclic) bond motifs is 1.